The van der Waals surface area contributed by atoms with E-state index in [9.17, 15) is 13.2 Å². The predicted octanol–water partition coefficient (Wildman–Crippen LogP) is 3.77. The maximum Gasteiger partial charge on any atom is 0.240 e. The fraction of sp³-hybridized carbons (Fsp3) is 0.632. The molecular formula is C19H29NO3S. The van der Waals surface area contributed by atoms with Gasteiger partial charge in [0.2, 0.25) is 15.9 Å². The van der Waals surface area contributed by atoms with Crippen LogP contribution in [0.4, 0.5) is 0 Å². The second-order valence-corrected chi connectivity index (χ2v) is 9.29. The van der Waals surface area contributed by atoms with E-state index < -0.39 is 27.1 Å². The van der Waals surface area contributed by atoms with Crippen LogP contribution in [0.15, 0.2) is 24.3 Å². The number of sulfonamides is 1. The predicted molar refractivity (Wildman–Crippen MR) is 97.3 cm³/mol. The first-order chi connectivity index (χ1) is 11.3. The first-order valence-corrected chi connectivity index (χ1v) is 10.5. The molecule has 1 aliphatic carbocycles. The molecule has 2 rings (SSSR count). The van der Waals surface area contributed by atoms with Crippen molar-refractivity contribution in [1.82, 2.24) is 4.72 Å². The monoisotopic (exact) mass is 351 g/mol. The third kappa shape index (κ3) is 5.07. The van der Waals surface area contributed by atoms with Gasteiger partial charge in [-0.1, -0.05) is 57.4 Å². The fourth-order valence-corrected chi connectivity index (χ4v) is 4.83. The summed E-state index contributed by atoms with van der Waals surface area (Å²) in [7, 11) is -3.56. The average molecular weight is 352 g/mol. The van der Waals surface area contributed by atoms with Gasteiger partial charge in [0.1, 0.15) is 0 Å². The zero-order chi connectivity index (χ0) is 17.7. The molecule has 1 aliphatic rings. The Balaban J connectivity index is 2.00. The summed E-state index contributed by atoms with van der Waals surface area (Å²) in [5, 5.41) is -0.421. The van der Waals surface area contributed by atoms with Crippen molar-refractivity contribution in [2.45, 2.75) is 70.5 Å². The van der Waals surface area contributed by atoms with E-state index in [1.165, 1.54) is 5.56 Å². The van der Waals surface area contributed by atoms with E-state index in [-0.39, 0.29) is 0 Å². The third-order valence-corrected chi connectivity index (χ3v) is 6.59. The Hall–Kier alpha value is -1.36. The van der Waals surface area contributed by atoms with Gasteiger partial charge in [0.15, 0.2) is 0 Å². The number of hydrogen-bond donors (Lipinski definition) is 1. The molecule has 1 unspecified atom stereocenters. The summed E-state index contributed by atoms with van der Waals surface area (Å²) in [5.41, 5.74) is 2.08. The van der Waals surface area contributed by atoms with Crippen LogP contribution in [0, 0.1) is 5.92 Å². The molecule has 1 N–H and O–H groups in total. The van der Waals surface area contributed by atoms with E-state index >= 15 is 0 Å². The van der Waals surface area contributed by atoms with Crippen molar-refractivity contribution in [3.63, 3.8) is 0 Å². The highest BCUT2D eigenvalue weighted by atomic mass is 32.2. The summed E-state index contributed by atoms with van der Waals surface area (Å²) in [4.78, 5) is 12.4. The van der Waals surface area contributed by atoms with Crippen molar-refractivity contribution in [1.29, 1.82) is 0 Å². The van der Waals surface area contributed by atoms with Crippen LogP contribution in [0.3, 0.4) is 0 Å². The normalized spacial score (nSPS) is 17.7. The molecule has 5 heteroatoms. The number of amides is 1. The molecule has 1 aromatic rings. The molecule has 24 heavy (non-hydrogen) atoms. The van der Waals surface area contributed by atoms with Crippen molar-refractivity contribution in [2.75, 3.05) is 0 Å². The second kappa shape index (κ2) is 8.15. The van der Waals surface area contributed by atoms with Crippen LogP contribution in [-0.2, 0) is 21.2 Å². The lowest BCUT2D eigenvalue weighted by atomic mass is 9.96. The van der Waals surface area contributed by atoms with Gasteiger partial charge in [-0.05, 0) is 43.2 Å². The van der Waals surface area contributed by atoms with Gasteiger partial charge in [0.25, 0.3) is 0 Å². The van der Waals surface area contributed by atoms with Gasteiger partial charge in [0, 0.05) is 0 Å². The molecular weight excluding hydrogens is 322 g/mol. The SMILES string of the molecule is CC(C)Cc1ccc(C(C)C(=O)NS(=O)(=O)C2CCCCC2)cc1. The van der Waals surface area contributed by atoms with Crippen LogP contribution < -0.4 is 4.72 Å². The van der Waals surface area contributed by atoms with Crippen molar-refractivity contribution in [2.24, 2.45) is 5.92 Å². The molecule has 0 saturated heterocycles. The van der Waals surface area contributed by atoms with E-state index in [1.54, 1.807) is 6.92 Å². The van der Waals surface area contributed by atoms with E-state index in [0.717, 1.165) is 31.2 Å². The molecule has 0 spiro atoms. The molecule has 0 aromatic heterocycles. The Morgan fingerprint density at radius 2 is 1.67 bits per heavy atom. The number of carbonyl (C=O) groups is 1. The molecule has 1 amide bonds. The quantitative estimate of drug-likeness (QED) is 0.848. The van der Waals surface area contributed by atoms with Crippen molar-refractivity contribution >= 4 is 15.9 Å². The van der Waals surface area contributed by atoms with Gasteiger partial charge in [-0.25, -0.2) is 8.42 Å². The van der Waals surface area contributed by atoms with Gasteiger partial charge in [0.05, 0.1) is 11.2 Å². The van der Waals surface area contributed by atoms with Crippen LogP contribution in [0.25, 0.3) is 0 Å². The molecule has 0 bridgehead atoms. The summed E-state index contributed by atoms with van der Waals surface area (Å²) < 4.78 is 27.1. The lowest BCUT2D eigenvalue weighted by Crippen LogP contribution is -2.41. The van der Waals surface area contributed by atoms with Gasteiger partial charge in [-0.3, -0.25) is 9.52 Å². The van der Waals surface area contributed by atoms with Crippen molar-refractivity contribution in [3.05, 3.63) is 35.4 Å². The molecule has 0 heterocycles. The lowest BCUT2D eigenvalue weighted by molar-refractivity contribution is -0.120. The molecule has 1 aromatic carbocycles. The third-order valence-electron chi connectivity index (χ3n) is 4.75. The van der Waals surface area contributed by atoms with Gasteiger partial charge in [-0.15, -0.1) is 0 Å². The van der Waals surface area contributed by atoms with Crippen LogP contribution in [0.1, 0.15) is 69.9 Å². The maximum absolute atomic E-state index is 12.4. The molecule has 4 nitrogen and oxygen atoms in total. The Bertz CT molecular complexity index is 644. The number of carbonyl (C=O) groups excluding carboxylic acids is 1. The highest BCUT2D eigenvalue weighted by molar-refractivity contribution is 7.90. The van der Waals surface area contributed by atoms with Gasteiger partial charge in [-0.2, -0.15) is 0 Å². The van der Waals surface area contributed by atoms with Crippen molar-refractivity contribution in [3.8, 4) is 0 Å². The Morgan fingerprint density at radius 1 is 1.08 bits per heavy atom. The largest absolute Gasteiger partial charge is 0.273 e. The minimum absolute atomic E-state index is 0.421. The molecule has 1 saturated carbocycles. The lowest BCUT2D eigenvalue weighted by Gasteiger charge is -2.23. The fourth-order valence-electron chi connectivity index (χ4n) is 3.25. The molecule has 0 aliphatic heterocycles. The summed E-state index contributed by atoms with van der Waals surface area (Å²) in [6.07, 6.45) is 5.23. The molecule has 0 radical (unpaired) electrons. The van der Waals surface area contributed by atoms with Gasteiger partial charge >= 0.3 is 0 Å². The number of hydrogen-bond acceptors (Lipinski definition) is 3. The van der Waals surface area contributed by atoms with Gasteiger partial charge < -0.3 is 0 Å². The van der Waals surface area contributed by atoms with E-state index in [4.69, 9.17) is 0 Å². The summed E-state index contributed by atoms with van der Waals surface area (Å²) in [5.74, 6) is -0.328. The molecule has 134 valence electrons. The van der Waals surface area contributed by atoms with E-state index in [0.29, 0.717) is 18.8 Å². The van der Waals surface area contributed by atoms with E-state index in [2.05, 4.69) is 18.6 Å². The second-order valence-electron chi connectivity index (χ2n) is 7.33. The summed E-state index contributed by atoms with van der Waals surface area (Å²) in [6, 6.07) is 7.90. The number of nitrogens with one attached hydrogen (secondary N) is 1. The summed E-state index contributed by atoms with van der Waals surface area (Å²) in [6.45, 7) is 6.09. The first-order valence-electron chi connectivity index (χ1n) is 8.94. The minimum Gasteiger partial charge on any atom is -0.273 e. The Morgan fingerprint density at radius 3 is 2.21 bits per heavy atom. The Kier molecular flexibility index (Phi) is 6.44. The topological polar surface area (TPSA) is 63.2 Å². The van der Waals surface area contributed by atoms with Crippen molar-refractivity contribution < 1.29 is 13.2 Å². The number of rotatable bonds is 6. The summed E-state index contributed by atoms with van der Waals surface area (Å²) >= 11 is 0. The average Bonchev–Trinajstić information content (AvgIpc) is 2.55. The number of benzene rings is 1. The highest BCUT2D eigenvalue weighted by Crippen LogP contribution is 2.24. The maximum atomic E-state index is 12.4. The van der Waals surface area contributed by atoms with E-state index in [1.807, 2.05) is 24.3 Å². The van der Waals surface area contributed by atoms with Crippen LogP contribution in [0.5, 0.6) is 0 Å². The standard InChI is InChI=1S/C19H29NO3S/c1-14(2)13-16-9-11-17(12-10-16)15(3)19(21)20-24(22,23)18-7-5-4-6-8-18/h9-12,14-15,18H,4-8,13H2,1-3H3,(H,20,21). The van der Waals surface area contributed by atoms with Crippen LogP contribution >= 0.6 is 0 Å². The first kappa shape index (κ1) is 19.0. The zero-order valence-electron chi connectivity index (χ0n) is 14.9. The highest BCUT2D eigenvalue weighted by Gasteiger charge is 2.30. The molecule has 1 atom stereocenters. The Labute approximate surface area is 146 Å². The van der Waals surface area contributed by atoms with Crippen LogP contribution in [-0.4, -0.2) is 19.6 Å². The molecule has 1 fully saturated rings. The zero-order valence-corrected chi connectivity index (χ0v) is 15.7. The smallest absolute Gasteiger partial charge is 0.240 e. The minimum atomic E-state index is -3.56. The van der Waals surface area contributed by atoms with Crippen LogP contribution in [0.2, 0.25) is 0 Å².